The lowest BCUT2D eigenvalue weighted by Crippen LogP contribution is -2.34. The van der Waals surface area contributed by atoms with Gasteiger partial charge in [0.05, 0.1) is 10.5 Å². The predicted molar refractivity (Wildman–Crippen MR) is 60.2 cm³/mol. The molecule has 0 unspecified atom stereocenters. The summed E-state index contributed by atoms with van der Waals surface area (Å²) in [4.78, 5) is 10.1. The van der Waals surface area contributed by atoms with Gasteiger partial charge in [-0.1, -0.05) is 0 Å². The Morgan fingerprint density at radius 1 is 1.28 bits per heavy atom. The molecular formula is C11H13F3N2O2. The van der Waals surface area contributed by atoms with Crippen molar-refractivity contribution in [1.82, 2.24) is 5.32 Å². The number of nitrogens with zero attached hydrogens (tertiary/aromatic N) is 1. The molecule has 0 spiro atoms. The number of nitro benzene ring substituents is 1. The lowest BCUT2D eigenvalue weighted by molar-refractivity contribution is -0.386. The fraction of sp³-hybridized carbons (Fsp3) is 0.455. The topological polar surface area (TPSA) is 55.2 Å². The van der Waals surface area contributed by atoms with Gasteiger partial charge >= 0.3 is 6.18 Å². The van der Waals surface area contributed by atoms with E-state index in [0.29, 0.717) is 6.07 Å². The van der Waals surface area contributed by atoms with Gasteiger partial charge in [-0.25, -0.2) is 0 Å². The lowest BCUT2D eigenvalue weighted by Gasteiger charge is -2.24. The molecule has 0 amide bonds. The largest absolute Gasteiger partial charge is 0.416 e. The number of nitrogens with one attached hydrogen (secondary N) is 1. The molecule has 100 valence electrons. The van der Waals surface area contributed by atoms with Crippen LogP contribution in [0.1, 0.15) is 25.0 Å². The van der Waals surface area contributed by atoms with Gasteiger partial charge in [0.25, 0.3) is 5.69 Å². The molecule has 0 atom stereocenters. The second-order valence-corrected chi connectivity index (χ2v) is 4.36. The molecule has 0 heterocycles. The van der Waals surface area contributed by atoms with Crippen molar-refractivity contribution in [3.8, 4) is 0 Å². The highest BCUT2D eigenvalue weighted by molar-refractivity contribution is 5.47. The van der Waals surface area contributed by atoms with Crippen LogP contribution < -0.4 is 5.32 Å². The van der Waals surface area contributed by atoms with Crippen molar-refractivity contribution < 1.29 is 18.1 Å². The average Bonchev–Trinajstić information content (AvgIpc) is 2.27. The SMILES string of the molecule is CNC(C)(C)c1ccc(C(F)(F)F)cc1[N+](=O)[O-]. The molecule has 1 N–H and O–H groups in total. The van der Waals surface area contributed by atoms with Gasteiger partial charge in [0.2, 0.25) is 0 Å². The molecule has 0 saturated heterocycles. The predicted octanol–water partition coefficient (Wildman–Crippen LogP) is 3.07. The van der Waals surface area contributed by atoms with Gasteiger partial charge in [0.15, 0.2) is 0 Å². The van der Waals surface area contributed by atoms with Crippen molar-refractivity contribution in [3.63, 3.8) is 0 Å². The molecule has 1 rings (SSSR count). The van der Waals surface area contributed by atoms with Crippen LogP contribution in [0.4, 0.5) is 18.9 Å². The van der Waals surface area contributed by atoms with E-state index in [-0.39, 0.29) is 5.56 Å². The van der Waals surface area contributed by atoms with Gasteiger partial charge in [0, 0.05) is 17.2 Å². The fourth-order valence-corrected chi connectivity index (χ4v) is 1.52. The molecule has 4 nitrogen and oxygen atoms in total. The second-order valence-electron chi connectivity index (χ2n) is 4.36. The maximum atomic E-state index is 12.5. The second kappa shape index (κ2) is 4.56. The smallest absolute Gasteiger partial charge is 0.311 e. The summed E-state index contributed by atoms with van der Waals surface area (Å²) >= 11 is 0. The van der Waals surface area contributed by atoms with Crippen LogP contribution in [0.15, 0.2) is 18.2 Å². The van der Waals surface area contributed by atoms with Crippen LogP contribution >= 0.6 is 0 Å². The Balaban J connectivity index is 3.44. The molecule has 7 heteroatoms. The summed E-state index contributed by atoms with van der Waals surface area (Å²) in [7, 11) is 1.58. The van der Waals surface area contributed by atoms with Crippen molar-refractivity contribution in [2.45, 2.75) is 25.6 Å². The number of benzene rings is 1. The van der Waals surface area contributed by atoms with E-state index in [1.165, 1.54) is 0 Å². The molecule has 0 aliphatic rings. The monoisotopic (exact) mass is 262 g/mol. The lowest BCUT2D eigenvalue weighted by atomic mass is 9.92. The van der Waals surface area contributed by atoms with Gasteiger partial charge in [-0.3, -0.25) is 10.1 Å². The quantitative estimate of drug-likeness (QED) is 0.672. The summed E-state index contributed by atoms with van der Waals surface area (Å²) in [5.74, 6) is 0. The Bertz CT molecular complexity index is 470. The molecule has 18 heavy (non-hydrogen) atoms. The summed E-state index contributed by atoms with van der Waals surface area (Å²) in [6, 6.07) is 2.55. The van der Waals surface area contributed by atoms with Crippen LogP contribution in [-0.4, -0.2) is 12.0 Å². The van der Waals surface area contributed by atoms with Crippen molar-refractivity contribution >= 4 is 5.69 Å². The van der Waals surface area contributed by atoms with Gasteiger partial charge in [-0.2, -0.15) is 13.2 Å². The minimum atomic E-state index is -4.59. The molecule has 0 fully saturated rings. The summed E-state index contributed by atoms with van der Waals surface area (Å²) in [6.45, 7) is 3.31. The molecular weight excluding hydrogens is 249 g/mol. The summed E-state index contributed by atoms with van der Waals surface area (Å²) < 4.78 is 37.5. The van der Waals surface area contributed by atoms with Crippen molar-refractivity contribution in [1.29, 1.82) is 0 Å². The summed E-state index contributed by atoms with van der Waals surface area (Å²) in [6.07, 6.45) is -4.59. The maximum Gasteiger partial charge on any atom is 0.416 e. The van der Waals surface area contributed by atoms with Gasteiger partial charge < -0.3 is 5.32 Å². The fourth-order valence-electron chi connectivity index (χ4n) is 1.52. The van der Waals surface area contributed by atoms with Crippen molar-refractivity contribution in [2.24, 2.45) is 0 Å². The van der Waals surface area contributed by atoms with Gasteiger partial charge in [-0.15, -0.1) is 0 Å². The van der Waals surface area contributed by atoms with Crippen LogP contribution in [0.2, 0.25) is 0 Å². The Morgan fingerprint density at radius 2 is 1.83 bits per heavy atom. The van der Waals surface area contributed by atoms with Crippen LogP contribution in [-0.2, 0) is 11.7 Å². The molecule has 0 aromatic heterocycles. The van der Waals surface area contributed by atoms with Crippen LogP contribution in [0.3, 0.4) is 0 Å². The third kappa shape index (κ3) is 2.79. The minimum absolute atomic E-state index is 0.211. The molecule has 0 saturated carbocycles. The minimum Gasteiger partial charge on any atom is -0.311 e. The van der Waals surface area contributed by atoms with Crippen molar-refractivity contribution in [3.05, 3.63) is 39.4 Å². The Labute approximate surface area is 102 Å². The third-order valence-electron chi connectivity index (χ3n) is 2.82. The van der Waals surface area contributed by atoms with E-state index in [1.54, 1.807) is 20.9 Å². The van der Waals surface area contributed by atoms with E-state index in [2.05, 4.69) is 5.32 Å². The van der Waals surface area contributed by atoms with Crippen LogP contribution in [0.5, 0.6) is 0 Å². The molecule has 0 aliphatic heterocycles. The maximum absolute atomic E-state index is 12.5. The third-order valence-corrected chi connectivity index (χ3v) is 2.82. The van der Waals surface area contributed by atoms with Crippen LogP contribution in [0.25, 0.3) is 0 Å². The molecule has 0 aliphatic carbocycles. The number of alkyl halides is 3. The highest BCUT2D eigenvalue weighted by Crippen LogP contribution is 2.36. The number of halogens is 3. The van der Waals surface area contributed by atoms with Gasteiger partial charge in [-0.05, 0) is 33.0 Å². The Hall–Kier alpha value is -1.63. The molecule has 0 bridgehead atoms. The Morgan fingerprint density at radius 3 is 2.22 bits per heavy atom. The summed E-state index contributed by atoms with van der Waals surface area (Å²) in [5, 5.41) is 13.7. The standard InChI is InChI=1S/C11H13F3N2O2/c1-10(2,15-3)8-5-4-7(11(12,13)14)6-9(8)16(17)18/h4-6,15H,1-3H3. The first kappa shape index (κ1) is 14.4. The number of hydrogen-bond donors (Lipinski definition) is 1. The highest BCUT2D eigenvalue weighted by Gasteiger charge is 2.35. The normalized spacial score (nSPS) is 12.6. The summed E-state index contributed by atoms with van der Waals surface area (Å²) in [5.41, 5.74) is -2.14. The zero-order valence-corrected chi connectivity index (χ0v) is 10.1. The first-order valence-corrected chi connectivity index (χ1v) is 5.14. The number of nitro groups is 1. The number of hydrogen-bond acceptors (Lipinski definition) is 3. The van der Waals surface area contributed by atoms with E-state index in [1.807, 2.05) is 0 Å². The first-order valence-electron chi connectivity index (χ1n) is 5.14. The van der Waals surface area contributed by atoms with Gasteiger partial charge in [0.1, 0.15) is 0 Å². The zero-order valence-electron chi connectivity index (χ0n) is 10.1. The van der Waals surface area contributed by atoms with E-state index in [0.717, 1.165) is 12.1 Å². The molecule has 1 aromatic carbocycles. The first-order chi connectivity index (χ1) is 8.09. The van der Waals surface area contributed by atoms with E-state index < -0.39 is 27.9 Å². The highest BCUT2D eigenvalue weighted by atomic mass is 19.4. The zero-order chi connectivity index (χ0) is 14.1. The van der Waals surface area contributed by atoms with E-state index >= 15 is 0 Å². The van der Waals surface area contributed by atoms with E-state index in [4.69, 9.17) is 0 Å². The average molecular weight is 262 g/mol. The molecule has 1 aromatic rings. The Kier molecular flexibility index (Phi) is 3.66. The van der Waals surface area contributed by atoms with Crippen molar-refractivity contribution in [2.75, 3.05) is 7.05 Å². The van der Waals surface area contributed by atoms with Crippen LogP contribution in [0, 0.1) is 10.1 Å². The van der Waals surface area contributed by atoms with E-state index in [9.17, 15) is 23.3 Å². The number of rotatable bonds is 3. The molecule has 0 radical (unpaired) electrons.